The lowest BCUT2D eigenvalue weighted by molar-refractivity contribution is 0.552. The van der Waals surface area contributed by atoms with Gasteiger partial charge in [-0.1, -0.05) is 12.1 Å². The van der Waals surface area contributed by atoms with Gasteiger partial charge in [0.15, 0.2) is 0 Å². The Bertz CT molecular complexity index is 473. The zero-order valence-corrected chi connectivity index (χ0v) is 9.60. The van der Waals surface area contributed by atoms with Gasteiger partial charge in [0, 0.05) is 18.4 Å². The van der Waals surface area contributed by atoms with Crippen molar-refractivity contribution in [1.82, 2.24) is 15.3 Å². The Morgan fingerprint density at radius 2 is 2.00 bits per heavy atom. The lowest BCUT2D eigenvalue weighted by Crippen LogP contribution is -2.19. The van der Waals surface area contributed by atoms with E-state index >= 15 is 0 Å². The summed E-state index contributed by atoms with van der Waals surface area (Å²) in [6.07, 6.45) is 3.41. The van der Waals surface area contributed by atoms with Crippen molar-refractivity contribution in [3.63, 3.8) is 0 Å². The number of nitrogens with one attached hydrogen (secondary N) is 1. The molecule has 88 valence electrons. The second-order valence-electron chi connectivity index (χ2n) is 3.82. The second kappa shape index (κ2) is 5.50. The van der Waals surface area contributed by atoms with E-state index in [9.17, 15) is 4.39 Å². The molecule has 0 aliphatic heterocycles. The first-order chi connectivity index (χ1) is 8.25. The first-order valence-electron chi connectivity index (χ1n) is 5.50. The molecule has 1 aromatic carbocycles. The van der Waals surface area contributed by atoms with Crippen LogP contribution in [-0.2, 0) is 6.54 Å². The second-order valence-corrected chi connectivity index (χ2v) is 3.82. The molecule has 0 saturated heterocycles. The summed E-state index contributed by atoms with van der Waals surface area (Å²) in [7, 11) is 0. The lowest BCUT2D eigenvalue weighted by Gasteiger charge is -2.13. The van der Waals surface area contributed by atoms with Gasteiger partial charge < -0.3 is 5.32 Å². The number of hydrogen-bond donors (Lipinski definition) is 1. The van der Waals surface area contributed by atoms with E-state index in [1.54, 1.807) is 24.5 Å². The molecule has 1 aromatic heterocycles. The Morgan fingerprint density at radius 3 is 2.71 bits per heavy atom. The van der Waals surface area contributed by atoms with E-state index in [1.165, 1.54) is 12.1 Å². The van der Waals surface area contributed by atoms with Gasteiger partial charge in [0.25, 0.3) is 0 Å². The van der Waals surface area contributed by atoms with Crippen molar-refractivity contribution < 1.29 is 4.39 Å². The minimum atomic E-state index is -0.216. The molecule has 4 heteroatoms. The van der Waals surface area contributed by atoms with Crippen molar-refractivity contribution in [2.45, 2.75) is 19.5 Å². The number of benzene rings is 1. The third-order valence-corrected chi connectivity index (χ3v) is 2.53. The Kier molecular flexibility index (Phi) is 3.77. The highest BCUT2D eigenvalue weighted by Gasteiger charge is 2.06. The van der Waals surface area contributed by atoms with E-state index in [4.69, 9.17) is 0 Å². The van der Waals surface area contributed by atoms with Crippen LogP contribution in [0.25, 0.3) is 0 Å². The molecular formula is C13H14FN3. The molecule has 2 rings (SSSR count). The summed E-state index contributed by atoms with van der Waals surface area (Å²) >= 11 is 0. The van der Waals surface area contributed by atoms with Crippen molar-refractivity contribution in [2.75, 3.05) is 0 Å². The molecule has 1 heterocycles. The monoisotopic (exact) mass is 231 g/mol. The van der Waals surface area contributed by atoms with Crippen molar-refractivity contribution in [1.29, 1.82) is 0 Å². The van der Waals surface area contributed by atoms with Gasteiger partial charge in [-0.2, -0.15) is 0 Å². The molecule has 0 saturated carbocycles. The minimum absolute atomic E-state index is 0.0644. The predicted octanol–water partition coefficient (Wildman–Crippen LogP) is 2.47. The number of aromatic nitrogens is 2. The van der Waals surface area contributed by atoms with E-state index in [-0.39, 0.29) is 11.9 Å². The number of rotatable bonds is 4. The van der Waals surface area contributed by atoms with Crippen LogP contribution >= 0.6 is 0 Å². The maximum Gasteiger partial charge on any atom is 0.141 e. The fourth-order valence-corrected chi connectivity index (χ4v) is 1.56. The molecular weight excluding hydrogens is 217 g/mol. The molecule has 0 spiro atoms. The summed E-state index contributed by atoms with van der Waals surface area (Å²) in [5.41, 5.74) is 0.918. The van der Waals surface area contributed by atoms with Gasteiger partial charge >= 0.3 is 0 Å². The van der Waals surface area contributed by atoms with Crippen molar-refractivity contribution >= 4 is 0 Å². The van der Waals surface area contributed by atoms with Crippen LogP contribution in [-0.4, -0.2) is 9.97 Å². The number of halogens is 1. The normalized spacial score (nSPS) is 12.4. The SMILES string of the molecule is CC(NCc1ncccn1)c1cccc(F)c1. The van der Waals surface area contributed by atoms with Crippen LogP contribution in [0.15, 0.2) is 42.7 Å². The zero-order chi connectivity index (χ0) is 12.1. The highest BCUT2D eigenvalue weighted by atomic mass is 19.1. The molecule has 1 unspecified atom stereocenters. The average molecular weight is 231 g/mol. The molecule has 0 radical (unpaired) electrons. The smallest absolute Gasteiger partial charge is 0.141 e. The first-order valence-corrected chi connectivity index (χ1v) is 5.50. The Labute approximate surface area is 99.7 Å². The van der Waals surface area contributed by atoms with Crippen LogP contribution in [0.3, 0.4) is 0 Å². The van der Waals surface area contributed by atoms with Crippen LogP contribution < -0.4 is 5.32 Å². The molecule has 3 nitrogen and oxygen atoms in total. The summed E-state index contributed by atoms with van der Waals surface area (Å²) in [4.78, 5) is 8.23. The Morgan fingerprint density at radius 1 is 1.24 bits per heavy atom. The lowest BCUT2D eigenvalue weighted by atomic mass is 10.1. The highest BCUT2D eigenvalue weighted by molar-refractivity contribution is 5.19. The summed E-state index contributed by atoms with van der Waals surface area (Å²) in [5, 5.41) is 3.25. The molecule has 2 aromatic rings. The standard InChI is InChI=1S/C13H14FN3/c1-10(11-4-2-5-12(14)8-11)17-9-13-15-6-3-7-16-13/h2-8,10,17H,9H2,1H3. The molecule has 0 aliphatic rings. The largest absolute Gasteiger partial charge is 0.303 e. The molecule has 1 atom stereocenters. The third-order valence-electron chi connectivity index (χ3n) is 2.53. The summed E-state index contributed by atoms with van der Waals surface area (Å²) in [5.74, 6) is 0.517. The van der Waals surface area contributed by atoms with Crippen LogP contribution in [0.5, 0.6) is 0 Å². The Balaban J connectivity index is 1.96. The molecule has 0 aliphatic carbocycles. The Hall–Kier alpha value is -1.81. The quantitative estimate of drug-likeness (QED) is 0.878. The highest BCUT2D eigenvalue weighted by Crippen LogP contribution is 2.13. The predicted molar refractivity (Wildman–Crippen MR) is 63.7 cm³/mol. The first kappa shape index (κ1) is 11.7. The van der Waals surface area contributed by atoms with Gasteiger partial charge in [-0.15, -0.1) is 0 Å². The van der Waals surface area contributed by atoms with Gasteiger partial charge in [0.1, 0.15) is 11.6 Å². The fraction of sp³-hybridized carbons (Fsp3) is 0.231. The van der Waals surface area contributed by atoms with Crippen LogP contribution in [0.2, 0.25) is 0 Å². The van der Waals surface area contributed by atoms with Crippen LogP contribution in [0.1, 0.15) is 24.4 Å². The van der Waals surface area contributed by atoms with Gasteiger partial charge in [0.05, 0.1) is 6.54 Å². The third kappa shape index (κ3) is 3.32. The van der Waals surface area contributed by atoms with Gasteiger partial charge in [-0.05, 0) is 30.7 Å². The fourth-order valence-electron chi connectivity index (χ4n) is 1.56. The van der Waals surface area contributed by atoms with Gasteiger partial charge in [0.2, 0.25) is 0 Å². The maximum absolute atomic E-state index is 13.0. The summed E-state index contributed by atoms with van der Waals surface area (Å²) < 4.78 is 13.0. The molecule has 0 fully saturated rings. The van der Waals surface area contributed by atoms with Crippen molar-refractivity contribution in [3.8, 4) is 0 Å². The van der Waals surface area contributed by atoms with E-state index in [0.717, 1.165) is 11.4 Å². The van der Waals surface area contributed by atoms with Gasteiger partial charge in [-0.3, -0.25) is 0 Å². The summed E-state index contributed by atoms with van der Waals surface area (Å²) in [6, 6.07) is 8.42. The van der Waals surface area contributed by atoms with Crippen molar-refractivity contribution in [3.05, 3.63) is 59.9 Å². The van der Waals surface area contributed by atoms with Crippen LogP contribution in [0.4, 0.5) is 4.39 Å². The molecule has 0 amide bonds. The van der Waals surface area contributed by atoms with E-state index in [2.05, 4.69) is 15.3 Å². The number of nitrogens with zero attached hydrogens (tertiary/aromatic N) is 2. The molecule has 0 bridgehead atoms. The van der Waals surface area contributed by atoms with Gasteiger partial charge in [-0.25, -0.2) is 14.4 Å². The zero-order valence-electron chi connectivity index (χ0n) is 9.60. The van der Waals surface area contributed by atoms with E-state index in [0.29, 0.717) is 6.54 Å². The van der Waals surface area contributed by atoms with E-state index in [1.807, 2.05) is 13.0 Å². The van der Waals surface area contributed by atoms with Crippen molar-refractivity contribution in [2.24, 2.45) is 0 Å². The molecule has 17 heavy (non-hydrogen) atoms. The van der Waals surface area contributed by atoms with Crippen LogP contribution in [0, 0.1) is 5.82 Å². The van der Waals surface area contributed by atoms with E-state index < -0.39 is 0 Å². The average Bonchev–Trinajstić information content (AvgIpc) is 2.37. The maximum atomic E-state index is 13.0. The topological polar surface area (TPSA) is 37.8 Å². The molecule has 1 N–H and O–H groups in total. The minimum Gasteiger partial charge on any atom is -0.303 e. The summed E-state index contributed by atoms with van der Waals surface area (Å²) in [6.45, 7) is 2.55. The number of hydrogen-bond acceptors (Lipinski definition) is 3.